The molecule has 50 valence electrons. The highest BCUT2D eigenvalue weighted by atomic mass is 79.9. The van der Waals surface area contributed by atoms with Crippen molar-refractivity contribution in [1.29, 1.82) is 0 Å². The first-order valence-corrected chi connectivity index (χ1v) is 4.05. The zero-order valence-electron chi connectivity index (χ0n) is 4.60. The van der Waals surface area contributed by atoms with E-state index in [0.29, 0.717) is 6.54 Å². The van der Waals surface area contributed by atoms with Crippen molar-refractivity contribution in [3.8, 4) is 0 Å². The SMILES string of the molecule is ONCc1ccc(Br)s1. The molecular formula is C5H6BrNOS. The third-order valence-electron chi connectivity index (χ3n) is 0.882. The van der Waals surface area contributed by atoms with Crippen molar-refractivity contribution in [2.75, 3.05) is 0 Å². The van der Waals surface area contributed by atoms with Gasteiger partial charge >= 0.3 is 0 Å². The van der Waals surface area contributed by atoms with E-state index in [1.807, 2.05) is 12.1 Å². The van der Waals surface area contributed by atoms with Gasteiger partial charge in [0.15, 0.2) is 0 Å². The molecule has 0 radical (unpaired) electrons. The second kappa shape index (κ2) is 3.31. The standard InChI is InChI=1S/C5H6BrNOS/c6-5-2-1-4(9-5)3-7-8/h1-2,7-8H,3H2. The zero-order chi connectivity index (χ0) is 6.69. The molecule has 0 atom stereocenters. The van der Waals surface area contributed by atoms with Crippen molar-refractivity contribution in [2.45, 2.75) is 6.54 Å². The van der Waals surface area contributed by atoms with Crippen LogP contribution < -0.4 is 5.48 Å². The number of hydrogen-bond acceptors (Lipinski definition) is 3. The first-order chi connectivity index (χ1) is 4.33. The largest absolute Gasteiger partial charge is 0.316 e. The molecule has 0 aliphatic carbocycles. The molecule has 1 aromatic rings. The second-order valence-corrected chi connectivity index (χ2v) is 4.09. The molecule has 0 saturated heterocycles. The lowest BCUT2D eigenvalue weighted by atomic mass is 10.5. The summed E-state index contributed by atoms with van der Waals surface area (Å²) in [5.74, 6) is 0. The monoisotopic (exact) mass is 207 g/mol. The van der Waals surface area contributed by atoms with E-state index in [-0.39, 0.29) is 0 Å². The number of rotatable bonds is 2. The van der Waals surface area contributed by atoms with E-state index in [2.05, 4.69) is 21.4 Å². The lowest BCUT2D eigenvalue weighted by molar-refractivity contribution is 0.162. The Kier molecular flexibility index (Phi) is 2.65. The Morgan fingerprint density at radius 3 is 2.89 bits per heavy atom. The minimum Gasteiger partial charge on any atom is -0.316 e. The smallest absolute Gasteiger partial charge is 0.0701 e. The third-order valence-corrected chi connectivity index (χ3v) is 2.51. The zero-order valence-corrected chi connectivity index (χ0v) is 7.00. The highest BCUT2D eigenvalue weighted by molar-refractivity contribution is 9.11. The fourth-order valence-corrected chi connectivity index (χ4v) is 1.94. The van der Waals surface area contributed by atoms with Gasteiger partial charge in [-0.25, -0.2) is 5.48 Å². The summed E-state index contributed by atoms with van der Waals surface area (Å²) in [5, 5.41) is 8.27. The summed E-state index contributed by atoms with van der Waals surface area (Å²) in [6.45, 7) is 0.524. The molecule has 1 rings (SSSR count). The Labute approximate surface area is 65.6 Å². The first kappa shape index (κ1) is 7.21. The number of thiophene rings is 1. The van der Waals surface area contributed by atoms with Crippen LogP contribution in [0, 0.1) is 0 Å². The molecule has 2 nitrogen and oxygen atoms in total. The fourth-order valence-electron chi connectivity index (χ4n) is 0.525. The molecule has 0 amide bonds. The maximum atomic E-state index is 8.27. The molecule has 0 aliphatic rings. The summed E-state index contributed by atoms with van der Waals surface area (Å²) in [5.41, 5.74) is 2.09. The Balaban J connectivity index is 2.61. The van der Waals surface area contributed by atoms with Gasteiger partial charge in [-0.15, -0.1) is 11.3 Å². The van der Waals surface area contributed by atoms with Crippen LogP contribution in [0.2, 0.25) is 0 Å². The lowest BCUT2D eigenvalue weighted by Gasteiger charge is -1.88. The van der Waals surface area contributed by atoms with E-state index in [9.17, 15) is 0 Å². The van der Waals surface area contributed by atoms with Crippen LogP contribution in [0.15, 0.2) is 15.9 Å². The van der Waals surface area contributed by atoms with E-state index in [4.69, 9.17) is 5.21 Å². The van der Waals surface area contributed by atoms with Crippen molar-refractivity contribution in [3.63, 3.8) is 0 Å². The Bertz CT molecular complexity index is 189. The molecule has 9 heavy (non-hydrogen) atoms. The summed E-state index contributed by atoms with van der Waals surface area (Å²) < 4.78 is 1.09. The van der Waals surface area contributed by atoms with E-state index in [1.54, 1.807) is 11.3 Å². The van der Waals surface area contributed by atoms with Crippen LogP contribution in [0.5, 0.6) is 0 Å². The number of nitrogens with one attached hydrogen (secondary N) is 1. The van der Waals surface area contributed by atoms with Crippen molar-refractivity contribution in [3.05, 3.63) is 20.8 Å². The normalized spacial score (nSPS) is 10.0. The second-order valence-electron chi connectivity index (χ2n) is 1.54. The Morgan fingerprint density at radius 2 is 2.44 bits per heavy atom. The van der Waals surface area contributed by atoms with Gasteiger partial charge in [0.05, 0.1) is 10.3 Å². The predicted molar refractivity (Wildman–Crippen MR) is 40.6 cm³/mol. The van der Waals surface area contributed by atoms with Gasteiger partial charge in [0.1, 0.15) is 0 Å². The van der Waals surface area contributed by atoms with Gasteiger partial charge in [-0.05, 0) is 28.1 Å². The molecule has 0 fully saturated rings. The molecule has 0 aliphatic heterocycles. The molecular weight excluding hydrogens is 202 g/mol. The minimum atomic E-state index is 0.524. The van der Waals surface area contributed by atoms with Crippen molar-refractivity contribution in [1.82, 2.24) is 5.48 Å². The van der Waals surface area contributed by atoms with Gasteiger partial charge in [0, 0.05) is 4.88 Å². The summed E-state index contributed by atoms with van der Waals surface area (Å²) in [6.07, 6.45) is 0. The van der Waals surface area contributed by atoms with Crippen LogP contribution in [-0.4, -0.2) is 5.21 Å². The van der Waals surface area contributed by atoms with Crippen LogP contribution in [0.3, 0.4) is 0 Å². The van der Waals surface area contributed by atoms with Gasteiger partial charge < -0.3 is 5.21 Å². The molecule has 1 aromatic heterocycles. The molecule has 0 saturated carbocycles. The molecule has 0 spiro atoms. The number of halogens is 1. The minimum absolute atomic E-state index is 0.524. The average molecular weight is 208 g/mol. The van der Waals surface area contributed by atoms with Gasteiger partial charge in [0.25, 0.3) is 0 Å². The van der Waals surface area contributed by atoms with Crippen molar-refractivity contribution >= 4 is 27.3 Å². The summed E-state index contributed by atoms with van der Waals surface area (Å²) in [7, 11) is 0. The van der Waals surface area contributed by atoms with Crippen LogP contribution >= 0.6 is 27.3 Å². The highest BCUT2D eigenvalue weighted by Gasteiger charge is 1.93. The topological polar surface area (TPSA) is 32.3 Å². The van der Waals surface area contributed by atoms with Crippen LogP contribution in [0.25, 0.3) is 0 Å². The average Bonchev–Trinajstić information content (AvgIpc) is 2.17. The van der Waals surface area contributed by atoms with Crippen LogP contribution in [-0.2, 0) is 6.54 Å². The maximum Gasteiger partial charge on any atom is 0.0701 e. The molecule has 4 heteroatoms. The number of hydrogen-bond donors (Lipinski definition) is 2. The van der Waals surface area contributed by atoms with Crippen molar-refractivity contribution in [2.24, 2.45) is 0 Å². The Hall–Kier alpha value is 0.1000. The van der Waals surface area contributed by atoms with E-state index < -0.39 is 0 Å². The molecule has 0 bridgehead atoms. The number of hydroxylamine groups is 1. The van der Waals surface area contributed by atoms with E-state index in [0.717, 1.165) is 8.66 Å². The Morgan fingerprint density at radius 1 is 1.67 bits per heavy atom. The first-order valence-electron chi connectivity index (χ1n) is 2.44. The fraction of sp³-hybridized carbons (Fsp3) is 0.200. The lowest BCUT2D eigenvalue weighted by Crippen LogP contribution is -2.03. The summed E-state index contributed by atoms with van der Waals surface area (Å²) in [4.78, 5) is 1.12. The van der Waals surface area contributed by atoms with Gasteiger partial charge in [0.2, 0.25) is 0 Å². The van der Waals surface area contributed by atoms with Gasteiger partial charge in [-0.2, -0.15) is 0 Å². The maximum absolute atomic E-state index is 8.27. The van der Waals surface area contributed by atoms with E-state index >= 15 is 0 Å². The van der Waals surface area contributed by atoms with Crippen molar-refractivity contribution < 1.29 is 5.21 Å². The quantitative estimate of drug-likeness (QED) is 0.728. The van der Waals surface area contributed by atoms with Crippen LogP contribution in [0.4, 0.5) is 0 Å². The predicted octanol–water partition coefficient (Wildman–Crippen LogP) is 1.99. The van der Waals surface area contributed by atoms with Gasteiger partial charge in [-0.3, -0.25) is 0 Å². The van der Waals surface area contributed by atoms with E-state index in [1.165, 1.54) is 0 Å². The third kappa shape index (κ3) is 2.06. The van der Waals surface area contributed by atoms with Gasteiger partial charge in [-0.1, -0.05) is 0 Å². The summed E-state index contributed by atoms with van der Waals surface area (Å²) in [6, 6.07) is 3.91. The molecule has 1 heterocycles. The molecule has 0 unspecified atom stereocenters. The highest BCUT2D eigenvalue weighted by Crippen LogP contribution is 2.21. The molecule has 0 aromatic carbocycles. The molecule has 2 N–H and O–H groups in total. The summed E-state index contributed by atoms with van der Waals surface area (Å²) >= 11 is 4.92. The van der Waals surface area contributed by atoms with Crippen LogP contribution in [0.1, 0.15) is 4.88 Å².